The Kier molecular flexibility index (Phi) is 4.66. The first kappa shape index (κ1) is 14.7. The summed E-state index contributed by atoms with van der Waals surface area (Å²) in [6.07, 6.45) is 0.788. The molecule has 2 aromatic rings. The van der Waals surface area contributed by atoms with Crippen LogP contribution in [0.1, 0.15) is 29.3 Å². The molecule has 2 aromatic carbocycles. The highest BCUT2D eigenvalue weighted by atomic mass is 16.6. The van der Waals surface area contributed by atoms with Crippen molar-refractivity contribution in [3.63, 3.8) is 0 Å². The summed E-state index contributed by atoms with van der Waals surface area (Å²) < 4.78 is 5.52. The largest absolute Gasteiger partial charge is 0.493 e. The molecule has 0 aliphatic heterocycles. The molecule has 5 heteroatoms. The average molecular weight is 285 g/mol. The fourth-order valence-electron chi connectivity index (χ4n) is 1.89. The number of nitro benzene ring substituents is 1. The van der Waals surface area contributed by atoms with E-state index in [-0.39, 0.29) is 17.0 Å². The Morgan fingerprint density at radius 3 is 2.52 bits per heavy atom. The number of ketones is 1. The number of carbonyl (C=O) groups excluding carboxylic acids is 1. The van der Waals surface area contributed by atoms with E-state index in [0.29, 0.717) is 17.9 Å². The van der Waals surface area contributed by atoms with Crippen LogP contribution >= 0.6 is 0 Å². The van der Waals surface area contributed by atoms with Crippen LogP contribution in [0.25, 0.3) is 0 Å². The summed E-state index contributed by atoms with van der Waals surface area (Å²) in [4.78, 5) is 22.9. The molecule has 0 radical (unpaired) electrons. The SMILES string of the molecule is CCCOc1ccc([N+](=O)[O-])cc1C(=O)c1ccccc1. The maximum Gasteiger partial charge on any atom is 0.270 e. The van der Waals surface area contributed by atoms with Gasteiger partial charge in [0, 0.05) is 17.7 Å². The third kappa shape index (κ3) is 3.45. The highest BCUT2D eigenvalue weighted by Crippen LogP contribution is 2.26. The van der Waals surface area contributed by atoms with Crippen molar-refractivity contribution in [1.82, 2.24) is 0 Å². The monoisotopic (exact) mass is 285 g/mol. The third-order valence-corrected chi connectivity index (χ3v) is 2.92. The number of carbonyl (C=O) groups is 1. The fourth-order valence-corrected chi connectivity index (χ4v) is 1.89. The Labute approximate surface area is 122 Å². The minimum atomic E-state index is -0.522. The molecule has 21 heavy (non-hydrogen) atoms. The Bertz CT molecular complexity index is 653. The van der Waals surface area contributed by atoms with Crippen molar-refractivity contribution in [3.8, 4) is 5.75 Å². The van der Waals surface area contributed by atoms with E-state index in [1.165, 1.54) is 18.2 Å². The second-order valence-corrected chi connectivity index (χ2v) is 4.48. The normalized spacial score (nSPS) is 10.1. The smallest absolute Gasteiger partial charge is 0.270 e. The maximum atomic E-state index is 12.5. The molecule has 0 amide bonds. The van der Waals surface area contributed by atoms with Gasteiger partial charge in [0.1, 0.15) is 5.75 Å². The maximum absolute atomic E-state index is 12.5. The van der Waals surface area contributed by atoms with Gasteiger partial charge in [-0.1, -0.05) is 37.3 Å². The van der Waals surface area contributed by atoms with Crippen LogP contribution in [0.4, 0.5) is 5.69 Å². The van der Waals surface area contributed by atoms with Crippen molar-refractivity contribution < 1.29 is 14.5 Å². The van der Waals surface area contributed by atoms with Gasteiger partial charge in [-0.3, -0.25) is 14.9 Å². The zero-order valence-corrected chi connectivity index (χ0v) is 11.6. The average Bonchev–Trinajstić information content (AvgIpc) is 2.52. The molecule has 0 N–H and O–H groups in total. The van der Waals surface area contributed by atoms with Crippen LogP contribution in [0.15, 0.2) is 48.5 Å². The molecule has 0 saturated carbocycles. The predicted molar refractivity (Wildman–Crippen MR) is 78.8 cm³/mol. The van der Waals surface area contributed by atoms with Gasteiger partial charge < -0.3 is 4.74 Å². The lowest BCUT2D eigenvalue weighted by atomic mass is 10.0. The first-order chi connectivity index (χ1) is 10.1. The molecule has 108 valence electrons. The van der Waals surface area contributed by atoms with Crippen LogP contribution in [0.3, 0.4) is 0 Å². The summed E-state index contributed by atoms with van der Waals surface area (Å²) in [6.45, 7) is 2.40. The van der Waals surface area contributed by atoms with Crippen LogP contribution in [0.2, 0.25) is 0 Å². The van der Waals surface area contributed by atoms with E-state index < -0.39 is 4.92 Å². The van der Waals surface area contributed by atoms with Crippen molar-refractivity contribution in [1.29, 1.82) is 0 Å². The molecule has 0 spiro atoms. The van der Waals surface area contributed by atoms with E-state index >= 15 is 0 Å². The number of ether oxygens (including phenoxy) is 1. The molecule has 0 fully saturated rings. The third-order valence-electron chi connectivity index (χ3n) is 2.92. The van der Waals surface area contributed by atoms with Gasteiger partial charge in [0.05, 0.1) is 17.1 Å². The molecular weight excluding hydrogens is 270 g/mol. The second-order valence-electron chi connectivity index (χ2n) is 4.48. The van der Waals surface area contributed by atoms with Crippen molar-refractivity contribution >= 4 is 11.5 Å². The van der Waals surface area contributed by atoms with Crippen LogP contribution in [0, 0.1) is 10.1 Å². The molecule has 0 bridgehead atoms. The highest BCUT2D eigenvalue weighted by Gasteiger charge is 2.19. The standard InChI is InChI=1S/C16H15NO4/c1-2-10-21-15-9-8-13(17(19)20)11-14(15)16(18)12-6-4-3-5-7-12/h3-9,11H,2,10H2,1H3. The number of hydrogen-bond donors (Lipinski definition) is 0. The molecule has 0 heterocycles. The zero-order chi connectivity index (χ0) is 15.2. The summed E-state index contributed by atoms with van der Waals surface area (Å²) in [6, 6.07) is 12.7. The van der Waals surface area contributed by atoms with Gasteiger partial charge >= 0.3 is 0 Å². The first-order valence-electron chi connectivity index (χ1n) is 6.64. The molecule has 2 rings (SSSR count). The highest BCUT2D eigenvalue weighted by molar-refractivity contribution is 6.11. The summed E-state index contributed by atoms with van der Waals surface area (Å²) in [5.41, 5.74) is 0.557. The molecule has 0 aromatic heterocycles. The van der Waals surface area contributed by atoms with E-state index in [4.69, 9.17) is 4.74 Å². The van der Waals surface area contributed by atoms with E-state index in [9.17, 15) is 14.9 Å². The number of rotatable bonds is 6. The lowest BCUT2D eigenvalue weighted by Gasteiger charge is -2.10. The Balaban J connectivity index is 2.45. The van der Waals surface area contributed by atoms with Gasteiger partial charge in [0.15, 0.2) is 5.78 Å². The van der Waals surface area contributed by atoms with Gasteiger partial charge in [0.2, 0.25) is 0 Å². The van der Waals surface area contributed by atoms with Gasteiger partial charge in [-0.15, -0.1) is 0 Å². The minimum absolute atomic E-state index is 0.127. The fraction of sp³-hybridized carbons (Fsp3) is 0.188. The lowest BCUT2D eigenvalue weighted by Crippen LogP contribution is -2.07. The van der Waals surface area contributed by atoms with Gasteiger partial charge in [0.25, 0.3) is 5.69 Å². The minimum Gasteiger partial charge on any atom is -0.493 e. The Hall–Kier alpha value is -2.69. The molecule has 0 atom stereocenters. The summed E-state index contributed by atoms with van der Waals surface area (Å²) in [5.74, 6) is 0.0849. The van der Waals surface area contributed by atoms with Crippen molar-refractivity contribution in [2.75, 3.05) is 6.61 Å². The van der Waals surface area contributed by atoms with Gasteiger partial charge in [-0.05, 0) is 12.5 Å². The second kappa shape index (κ2) is 6.65. The van der Waals surface area contributed by atoms with E-state index in [2.05, 4.69) is 0 Å². The number of hydrogen-bond acceptors (Lipinski definition) is 4. The Morgan fingerprint density at radius 2 is 1.90 bits per heavy atom. The molecule has 5 nitrogen and oxygen atoms in total. The van der Waals surface area contributed by atoms with Gasteiger partial charge in [-0.2, -0.15) is 0 Å². The topological polar surface area (TPSA) is 69.4 Å². The summed E-state index contributed by atoms with van der Waals surface area (Å²) >= 11 is 0. The van der Waals surface area contributed by atoms with Gasteiger partial charge in [-0.25, -0.2) is 0 Å². The van der Waals surface area contributed by atoms with Crippen LogP contribution < -0.4 is 4.74 Å². The van der Waals surface area contributed by atoms with E-state index in [0.717, 1.165) is 6.42 Å². The van der Waals surface area contributed by atoms with E-state index in [1.807, 2.05) is 6.92 Å². The first-order valence-corrected chi connectivity index (χ1v) is 6.64. The number of benzene rings is 2. The Morgan fingerprint density at radius 1 is 1.19 bits per heavy atom. The van der Waals surface area contributed by atoms with E-state index in [1.54, 1.807) is 30.3 Å². The van der Waals surface area contributed by atoms with Crippen molar-refractivity contribution in [2.45, 2.75) is 13.3 Å². The molecule has 0 saturated heterocycles. The number of nitro groups is 1. The van der Waals surface area contributed by atoms with Crippen LogP contribution in [-0.2, 0) is 0 Å². The molecular formula is C16H15NO4. The van der Waals surface area contributed by atoms with Crippen molar-refractivity contribution in [2.24, 2.45) is 0 Å². The van der Waals surface area contributed by atoms with Crippen LogP contribution in [-0.4, -0.2) is 17.3 Å². The lowest BCUT2D eigenvalue weighted by molar-refractivity contribution is -0.384. The molecule has 0 unspecified atom stereocenters. The summed E-state index contributed by atoms with van der Waals surface area (Å²) in [7, 11) is 0. The number of non-ortho nitro benzene ring substituents is 1. The van der Waals surface area contributed by atoms with Crippen molar-refractivity contribution in [3.05, 3.63) is 69.8 Å². The summed E-state index contributed by atoms with van der Waals surface area (Å²) in [5, 5.41) is 10.9. The number of nitrogens with zero attached hydrogens (tertiary/aromatic N) is 1. The zero-order valence-electron chi connectivity index (χ0n) is 11.6. The molecule has 0 aliphatic rings. The van der Waals surface area contributed by atoms with Crippen LogP contribution in [0.5, 0.6) is 5.75 Å². The quantitative estimate of drug-likeness (QED) is 0.462. The molecule has 0 aliphatic carbocycles. The predicted octanol–water partition coefficient (Wildman–Crippen LogP) is 3.61.